The molecule has 7 nitrogen and oxygen atoms in total. The van der Waals surface area contributed by atoms with E-state index in [9.17, 15) is 9.59 Å². The second kappa shape index (κ2) is 5.21. The van der Waals surface area contributed by atoms with Gasteiger partial charge in [0, 0.05) is 0 Å². The summed E-state index contributed by atoms with van der Waals surface area (Å²) in [5.74, 6) is -0.987. The number of hydrogen-bond donors (Lipinski definition) is 2. The molecule has 7 heteroatoms. The number of carboxylic acids is 1. The Morgan fingerprint density at radius 1 is 1.37 bits per heavy atom. The van der Waals surface area contributed by atoms with Crippen LogP contribution < -0.4 is 15.0 Å². The zero-order chi connectivity index (χ0) is 13.8. The summed E-state index contributed by atoms with van der Waals surface area (Å²) < 4.78 is 10.1. The van der Waals surface area contributed by atoms with E-state index in [1.807, 2.05) is 0 Å². The van der Waals surface area contributed by atoms with Crippen molar-refractivity contribution in [3.63, 3.8) is 0 Å². The molecule has 0 bridgehead atoms. The van der Waals surface area contributed by atoms with Crippen LogP contribution in [0.3, 0.4) is 0 Å². The molecule has 1 aromatic heterocycles. The molecule has 0 saturated carbocycles. The van der Waals surface area contributed by atoms with Crippen molar-refractivity contribution in [3.8, 4) is 17.6 Å². The van der Waals surface area contributed by atoms with Gasteiger partial charge in [-0.15, -0.1) is 0 Å². The van der Waals surface area contributed by atoms with Gasteiger partial charge < -0.3 is 14.6 Å². The van der Waals surface area contributed by atoms with E-state index < -0.39 is 11.5 Å². The van der Waals surface area contributed by atoms with Gasteiger partial charge in [-0.3, -0.25) is 9.78 Å². The van der Waals surface area contributed by atoms with Crippen LogP contribution in [-0.2, 0) is 0 Å². The van der Waals surface area contributed by atoms with Crippen molar-refractivity contribution in [2.45, 2.75) is 0 Å². The lowest BCUT2D eigenvalue weighted by Gasteiger charge is -2.07. The fourth-order valence-electron chi connectivity index (χ4n) is 1.40. The fourth-order valence-corrected chi connectivity index (χ4v) is 1.40. The summed E-state index contributed by atoms with van der Waals surface area (Å²) in [5.41, 5.74) is -0.498. The van der Waals surface area contributed by atoms with Crippen LogP contribution in [-0.4, -0.2) is 28.2 Å². The van der Waals surface area contributed by atoms with Gasteiger partial charge in [-0.2, -0.15) is 4.98 Å². The number of aromatic nitrogens is 2. The Morgan fingerprint density at radius 3 is 2.79 bits per heavy atom. The number of methoxy groups -OCH3 is 1. The summed E-state index contributed by atoms with van der Waals surface area (Å²) in [6.07, 6.45) is 0. The molecule has 0 amide bonds. The van der Waals surface area contributed by atoms with Gasteiger partial charge in [0.15, 0.2) is 0 Å². The predicted molar refractivity (Wildman–Crippen MR) is 64.9 cm³/mol. The van der Waals surface area contributed by atoms with E-state index in [4.69, 9.17) is 14.6 Å². The number of H-pyrrole nitrogens is 1. The molecule has 2 aromatic rings. The highest BCUT2D eigenvalue weighted by atomic mass is 16.5. The molecule has 2 rings (SSSR count). The third kappa shape index (κ3) is 2.89. The largest absolute Gasteiger partial charge is 0.481 e. The number of para-hydroxylation sites is 1. The van der Waals surface area contributed by atoms with E-state index >= 15 is 0 Å². The second-order valence-corrected chi connectivity index (χ2v) is 3.50. The first-order valence-electron chi connectivity index (χ1n) is 5.25. The molecule has 0 radical (unpaired) electrons. The molecule has 0 aliphatic heterocycles. The van der Waals surface area contributed by atoms with Crippen LogP contribution in [0.25, 0.3) is 0 Å². The number of rotatable bonds is 4. The Balaban J connectivity index is 2.39. The fraction of sp³-hybridized carbons (Fsp3) is 0.0833. The molecule has 1 heterocycles. The van der Waals surface area contributed by atoms with Gasteiger partial charge in [-0.05, 0) is 12.1 Å². The summed E-state index contributed by atoms with van der Waals surface area (Å²) >= 11 is 0. The van der Waals surface area contributed by atoms with Crippen LogP contribution in [0.4, 0.5) is 0 Å². The summed E-state index contributed by atoms with van der Waals surface area (Å²) in [6.45, 7) is 0. The van der Waals surface area contributed by atoms with E-state index in [2.05, 4.69) is 9.97 Å². The minimum atomic E-state index is -1.14. The van der Waals surface area contributed by atoms with Crippen LogP contribution in [0.2, 0.25) is 0 Å². The van der Waals surface area contributed by atoms with Crippen molar-refractivity contribution in [2.24, 2.45) is 0 Å². The molecule has 0 aliphatic carbocycles. The van der Waals surface area contributed by atoms with Crippen molar-refractivity contribution in [2.75, 3.05) is 7.11 Å². The molecule has 0 fully saturated rings. The van der Waals surface area contributed by atoms with Crippen molar-refractivity contribution in [1.82, 2.24) is 9.97 Å². The predicted octanol–water partition coefficient (Wildman–Crippen LogP) is 1.27. The van der Waals surface area contributed by atoms with Gasteiger partial charge in [-0.1, -0.05) is 12.1 Å². The molecule has 0 atom stereocenters. The van der Waals surface area contributed by atoms with Crippen molar-refractivity contribution in [1.29, 1.82) is 0 Å². The number of nitrogens with one attached hydrogen (secondary N) is 1. The Kier molecular flexibility index (Phi) is 3.46. The molecule has 0 unspecified atom stereocenters. The molecule has 0 aliphatic rings. The van der Waals surface area contributed by atoms with Gasteiger partial charge in [0.1, 0.15) is 11.3 Å². The summed E-state index contributed by atoms with van der Waals surface area (Å²) in [5, 5.41) is 9.00. The maximum absolute atomic E-state index is 11.3. The van der Waals surface area contributed by atoms with E-state index in [1.165, 1.54) is 19.2 Å². The SMILES string of the molecule is COc1cc(=O)[nH]c(Oc2ccccc2C(=O)O)n1. The highest BCUT2D eigenvalue weighted by molar-refractivity contribution is 5.90. The number of aromatic carboxylic acids is 1. The van der Waals surface area contributed by atoms with E-state index in [0.717, 1.165) is 6.07 Å². The highest BCUT2D eigenvalue weighted by Gasteiger charge is 2.12. The summed E-state index contributed by atoms with van der Waals surface area (Å²) in [6, 6.07) is 7.03. The average molecular weight is 262 g/mol. The molecule has 1 aromatic carbocycles. The number of nitrogens with zero attached hydrogens (tertiary/aromatic N) is 1. The number of ether oxygens (including phenoxy) is 2. The van der Waals surface area contributed by atoms with Crippen LogP contribution >= 0.6 is 0 Å². The normalized spacial score (nSPS) is 9.95. The number of carboxylic acid groups (broad SMARTS) is 1. The van der Waals surface area contributed by atoms with Gasteiger partial charge in [-0.25, -0.2) is 4.79 Å². The van der Waals surface area contributed by atoms with Gasteiger partial charge >= 0.3 is 12.0 Å². The van der Waals surface area contributed by atoms with E-state index in [0.29, 0.717) is 0 Å². The first-order chi connectivity index (χ1) is 9.10. The standard InChI is InChI=1S/C12H10N2O5/c1-18-10-6-9(15)13-12(14-10)19-8-5-3-2-4-7(8)11(16)17/h2-6H,1H3,(H,16,17)(H,13,14,15). The molecule has 0 spiro atoms. The molecular formula is C12H10N2O5. The lowest BCUT2D eigenvalue weighted by atomic mass is 10.2. The van der Waals surface area contributed by atoms with Gasteiger partial charge in [0.25, 0.3) is 5.56 Å². The minimum absolute atomic E-state index is 0.0343. The first-order valence-corrected chi connectivity index (χ1v) is 5.25. The average Bonchev–Trinajstić information content (AvgIpc) is 2.38. The number of carbonyl (C=O) groups is 1. The van der Waals surface area contributed by atoms with Crippen LogP contribution in [0.5, 0.6) is 17.6 Å². The third-order valence-corrected chi connectivity index (χ3v) is 2.23. The lowest BCUT2D eigenvalue weighted by Crippen LogP contribution is -2.09. The van der Waals surface area contributed by atoms with E-state index in [-0.39, 0.29) is 23.2 Å². The highest BCUT2D eigenvalue weighted by Crippen LogP contribution is 2.22. The number of aromatic amines is 1. The zero-order valence-corrected chi connectivity index (χ0v) is 9.91. The summed E-state index contributed by atoms with van der Waals surface area (Å²) in [7, 11) is 1.36. The van der Waals surface area contributed by atoms with Crippen LogP contribution in [0.15, 0.2) is 35.1 Å². The second-order valence-electron chi connectivity index (χ2n) is 3.50. The smallest absolute Gasteiger partial charge is 0.339 e. The number of benzene rings is 1. The maximum Gasteiger partial charge on any atom is 0.339 e. The Labute approximate surface area is 107 Å². The van der Waals surface area contributed by atoms with E-state index in [1.54, 1.807) is 12.1 Å². The number of hydrogen-bond acceptors (Lipinski definition) is 5. The topological polar surface area (TPSA) is 102 Å². The maximum atomic E-state index is 11.3. The Hall–Kier alpha value is -2.83. The molecule has 0 saturated heterocycles. The van der Waals surface area contributed by atoms with Crippen LogP contribution in [0.1, 0.15) is 10.4 Å². The zero-order valence-electron chi connectivity index (χ0n) is 9.91. The van der Waals surface area contributed by atoms with Crippen LogP contribution in [0, 0.1) is 0 Å². The Bertz CT molecular complexity index is 665. The van der Waals surface area contributed by atoms with Crippen molar-refractivity contribution < 1.29 is 19.4 Å². The minimum Gasteiger partial charge on any atom is -0.481 e. The van der Waals surface area contributed by atoms with Crippen molar-refractivity contribution in [3.05, 3.63) is 46.2 Å². The Morgan fingerprint density at radius 2 is 2.11 bits per heavy atom. The molecule has 2 N–H and O–H groups in total. The quantitative estimate of drug-likeness (QED) is 0.860. The van der Waals surface area contributed by atoms with Gasteiger partial charge in [0.2, 0.25) is 5.88 Å². The van der Waals surface area contributed by atoms with Crippen molar-refractivity contribution >= 4 is 5.97 Å². The monoisotopic (exact) mass is 262 g/mol. The van der Waals surface area contributed by atoms with Gasteiger partial charge in [0.05, 0.1) is 13.2 Å². The molecule has 98 valence electrons. The lowest BCUT2D eigenvalue weighted by molar-refractivity contribution is 0.0694. The molecule has 19 heavy (non-hydrogen) atoms. The summed E-state index contributed by atoms with van der Waals surface area (Å²) in [4.78, 5) is 28.5. The first kappa shape index (κ1) is 12.6. The third-order valence-electron chi connectivity index (χ3n) is 2.23. The molecular weight excluding hydrogens is 252 g/mol.